The van der Waals surface area contributed by atoms with Crippen LogP contribution in [-0.4, -0.2) is 29.1 Å². The van der Waals surface area contributed by atoms with Crippen LogP contribution in [-0.2, 0) is 9.53 Å². The second-order valence-electron chi connectivity index (χ2n) is 2.48. The van der Waals surface area contributed by atoms with Gasteiger partial charge in [0.05, 0.1) is 12.7 Å². The highest BCUT2D eigenvalue weighted by atomic mass is 16.5. The highest BCUT2D eigenvalue weighted by molar-refractivity contribution is 5.89. The molecular formula is C10H7NO4. The van der Waals surface area contributed by atoms with Crippen molar-refractivity contribution in [3.63, 3.8) is 0 Å². The Morgan fingerprint density at radius 1 is 1.47 bits per heavy atom. The summed E-state index contributed by atoms with van der Waals surface area (Å²) in [5.41, 5.74) is 0.379. The zero-order valence-electron chi connectivity index (χ0n) is 7.85. The number of aromatic nitrogens is 1. The number of hydrogen-bond acceptors (Lipinski definition) is 4. The molecule has 5 heteroatoms. The normalized spacial score (nSPS) is 8.60. The van der Waals surface area contributed by atoms with E-state index in [0.717, 1.165) is 0 Å². The summed E-state index contributed by atoms with van der Waals surface area (Å²) in [5.74, 6) is 2.88. The minimum Gasteiger partial charge on any atom is -0.478 e. The van der Waals surface area contributed by atoms with Gasteiger partial charge in [-0.3, -0.25) is 0 Å². The largest absolute Gasteiger partial charge is 0.478 e. The van der Waals surface area contributed by atoms with Crippen molar-refractivity contribution in [1.82, 2.24) is 4.98 Å². The monoisotopic (exact) mass is 205 g/mol. The zero-order chi connectivity index (χ0) is 11.3. The minimum absolute atomic E-state index is 0.0682. The molecule has 0 radical (unpaired) electrons. The summed E-state index contributed by atoms with van der Waals surface area (Å²) in [6.45, 7) is 0. The first-order chi connectivity index (χ1) is 7.13. The maximum Gasteiger partial charge on any atom is 0.384 e. The van der Waals surface area contributed by atoms with E-state index in [-0.39, 0.29) is 5.56 Å². The van der Waals surface area contributed by atoms with Gasteiger partial charge in [-0.25, -0.2) is 14.6 Å². The van der Waals surface area contributed by atoms with Gasteiger partial charge in [0.2, 0.25) is 0 Å². The number of ether oxygens (including phenoxy) is 1. The third-order valence-electron chi connectivity index (χ3n) is 1.49. The third kappa shape index (κ3) is 3.12. The lowest BCUT2D eigenvalue weighted by atomic mass is 10.2. The molecule has 1 aromatic rings. The van der Waals surface area contributed by atoms with Crippen LogP contribution in [0.1, 0.15) is 16.1 Å². The van der Waals surface area contributed by atoms with Gasteiger partial charge in [-0.05, 0) is 18.1 Å². The predicted molar refractivity (Wildman–Crippen MR) is 50.1 cm³/mol. The van der Waals surface area contributed by atoms with Crippen LogP contribution in [0.5, 0.6) is 0 Å². The van der Waals surface area contributed by atoms with E-state index in [4.69, 9.17) is 5.11 Å². The maximum atomic E-state index is 10.6. The maximum absolute atomic E-state index is 10.6. The molecule has 0 aliphatic heterocycles. The molecule has 76 valence electrons. The zero-order valence-corrected chi connectivity index (χ0v) is 7.85. The Hall–Kier alpha value is -2.35. The standard InChI is InChI=1S/C10H7NO4/c1-15-9(12)5-4-8-3-2-7(6-11-8)10(13)14/h2-3,6H,1H3,(H,13,14). The van der Waals surface area contributed by atoms with Gasteiger partial charge >= 0.3 is 11.9 Å². The number of carboxylic acid groups (broad SMARTS) is 1. The highest BCUT2D eigenvalue weighted by Crippen LogP contribution is 1.98. The van der Waals surface area contributed by atoms with Gasteiger partial charge in [-0.15, -0.1) is 0 Å². The van der Waals surface area contributed by atoms with Crippen molar-refractivity contribution in [1.29, 1.82) is 0 Å². The molecule has 0 amide bonds. The van der Waals surface area contributed by atoms with Crippen LogP contribution >= 0.6 is 0 Å². The van der Waals surface area contributed by atoms with Gasteiger partial charge in [0, 0.05) is 12.1 Å². The van der Waals surface area contributed by atoms with E-state index in [9.17, 15) is 9.59 Å². The van der Waals surface area contributed by atoms with Crippen LogP contribution in [0.4, 0.5) is 0 Å². The van der Waals surface area contributed by atoms with Crippen LogP contribution in [0.3, 0.4) is 0 Å². The number of hydrogen-bond donors (Lipinski definition) is 1. The molecule has 0 aromatic carbocycles. The van der Waals surface area contributed by atoms with Crippen molar-refractivity contribution in [2.24, 2.45) is 0 Å². The molecule has 0 fully saturated rings. The van der Waals surface area contributed by atoms with E-state index >= 15 is 0 Å². The smallest absolute Gasteiger partial charge is 0.384 e. The molecule has 0 aliphatic rings. The molecule has 0 saturated carbocycles. The van der Waals surface area contributed by atoms with Crippen molar-refractivity contribution >= 4 is 11.9 Å². The van der Waals surface area contributed by atoms with Gasteiger partial charge in [-0.2, -0.15) is 0 Å². The number of methoxy groups -OCH3 is 1. The summed E-state index contributed by atoms with van der Waals surface area (Å²) in [7, 11) is 1.22. The molecule has 1 N–H and O–H groups in total. The van der Waals surface area contributed by atoms with Crippen molar-refractivity contribution in [3.05, 3.63) is 29.6 Å². The van der Waals surface area contributed by atoms with Crippen LogP contribution in [0.25, 0.3) is 0 Å². The number of esters is 1. The Kier molecular flexibility index (Phi) is 3.41. The number of nitrogens with zero attached hydrogens (tertiary/aromatic N) is 1. The van der Waals surface area contributed by atoms with Crippen molar-refractivity contribution in [2.45, 2.75) is 0 Å². The Morgan fingerprint density at radius 3 is 2.67 bits per heavy atom. The Labute approximate surface area is 85.7 Å². The van der Waals surface area contributed by atoms with E-state index in [2.05, 4.69) is 21.6 Å². The first-order valence-electron chi connectivity index (χ1n) is 3.93. The number of aromatic carboxylic acids is 1. The highest BCUT2D eigenvalue weighted by Gasteiger charge is 2.01. The van der Waals surface area contributed by atoms with Crippen LogP contribution in [0.2, 0.25) is 0 Å². The molecule has 15 heavy (non-hydrogen) atoms. The summed E-state index contributed by atoms with van der Waals surface area (Å²) < 4.78 is 4.30. The molecule has 1 aromatic heterocycles. The fraction of sp³-hybridized carbons (Fsp3) is 0.100. The Balaban J connectivity index is 2.84. The second kappa shape index (κ2) is 4.77. The first-order valence-corrected chi connectivity index (χ1v) is 3.93. The van der Waals surface area contributed by atoms with Gasteiger partial charge in [0.25, 0.3) is 0 Å². The van der Waals surface area contributed by atoms with Gasteiger partial charge in [0.15, 0.2) is 0 Å². The van der Waals surface area contributed by atoms with Gasteiger partial charge < -0.3 is 9.84 Å². The molecule has 0 saturated heterocycles. The molecule has 1 heterocycles. The second-order valence-corrected chi connectivity index (χ2v) is 2.48. The van der Waals surface area contributed by atoms with E-state index < -0.39 is 11.9 Å². The molecule has 5 nitrogen and oxygen atoms in total. The van der Waals surface area contributed by atoms with Crippen LogP contribution < -0.4 is 0 Å². The lowest BCUT2D eigenvalue weighted by Gasteiger charge is -1.92. The third-order valence-corrected chi connectivity index (χ3v) is 1.49. The Morgan fingerprint density at radius 2 is 2.20 bits per heavy atom. The number of pyridine rings is 1. The summed E-state index contributed by atoms with van der Waals surface area (Å²) in [6, 6.07) is 2.77. The topological polar surface area (TPSA) is 76.5 Å². The van der Waals surface area contributed by atoms with Crippen molar-refractivity contribution in [3.8, 4) is 11.8 Å². The quantitative estimate of drug-likeness (QED) is 0.527. The number of carbonyl (C=O) groups excluding carboxylic acids is 1. The summed E-state index contributed by atoms with van der Waals surface area (Å²) in [4.78, 5) is 24.9. The van der Waals surface area contributed by atoms with Gasteiger partial charge in [-0.1, -0.05) is 0 Å². The lowest BCUT2D eigenvalue weighted by Crippen LogP contribution is -1.98. The molecule has 0 spiro atoms. The minimum atomic E-state index is -1.06. The average molecular weight is 205 g/mol. The fourth-order valence-electron chi connectivity index (χ4n) is 0.760. The predicted octanol–water partition coefficient (Wildman–Crippen LogP) is 0.304. The number of rotatable bonds is 1. The Bertz CT molecular complexity index is 439. The van der Waals surface area contributed by atoms with Crippen LogP contribution in [0, 0.1) is 11.8 Å². The van der Waals surface area contributed by atoms with E-state index in [1.54, 1.807) is 0 Å². The number of carbonyl (C=O) groups is 2. The van der Waals surface area contributed by atoms with Crippen LogP contribution in [0.15, 0.2) is 18.3 Å². The summed E-state index contributed by atoms with van der Waals surface area (Å²) in [5, 5.41) is 8.58. The summed E-state index contributed by atoms with van der Waals surface area (Å²) in [6.07, 6.45) is 1.17. The van der Waals surface area contributed by atoms with Crippen molar-refractivity contribution in [2.75, 3.05) is 7.11 Å². The molecule has 0 aliphatic carbocycles. The van der Waals surface area contributed by atoms with E-state index in [1.807, 2.05) is 0 Å². The molecule has 1 rings (SSSR count). The van der Waals surface area contributed by atoms with E-state index in [1.165, 1.54) is 25.4 Å². The van der Waals surface area contributed by atoms with E-state index in [0.29, 0.717) is 5.69 Å². The first kappa shape index (κ1) is 10.7. The molecule has 0 unspecified atom stereocenters. The fourth-order valence-corrected chi connectivity index (χ4v) is 0.760. The van der Waals surface area contributed by atoms with Crippen molar-refractivity contribution < 1.29 is 19.4 Å². The average Bonchev–Trinajstić information content (AvgIpc) is 2.26. The molecule has 0 bridgehead atoms. The van der Waals surface area contributed by atoms with Gasteiger partial charge in [0.1, 0.15) is 5.69 Å². The molecule has 0 atom stereocenters. The lowest BCUT2D eigenvalue weighted by molar-refractivity contribution is -0.133. The molecular weight excluding hydrogens is 198 g/mol. The SMILES string of the molecule is COC(=O)C#Cc1ccc(C(=O)O)cn1. The summed E-state index contributed by atoms with van der Waals surface area (Å²) >= 11 is 0. The number of carboxylic acids is 1.